The normalized spacial score (nSPS) is 10.4. The van der Waals surface area contributed by atoms with Crippen LogP contribution in [0.2, 0.25) is 0 Å². The number of amides is 2. The number of esters is 1. The quantitative estimate of drug-likeness (QED) is 0.595. The summed E-state index contributed by atoms with van der Waals surface area (Å²) in [6.45, 7) is 5.42. The first-order chi connectivity index (χ1) is 12.8. The second-order valence-corrected chi connectivity index (χ2v) is 5.99. The van der Waals surface area contributed by atoms with Crippen molar-refractivity contribution in [2.24, 2.45) is 0 Å². The summed E-state index contributed by atoms with van der Waals surface area (Å²) in [5.74, 6) is -1.69. The lowest BCUT2D eigenvalue weighted by atomic mass is 10.1. The van der Waals surface area contributed by atoms with Crippen molar-refractivity contribution in [2.45, 2.75) is 33.7 Å². The van der Waals surface area contributed by atoms with Crippen LogP contribution in [-0.2, 0) is 27.3 Å². The van der Waals surface area contributed by atoms with Gasteiger partial charge in [0.05, 0.1) is 18.6 Å². The molecule has 0 unspecified atom stereocenters. The Morgan fingerprint density at radius 3 is 2.33 bits per heavy atom. The van der Waals surface area contributed by atoms with E-state index in [1.165, 1.54) is 24.3 Å². The molecule has 1 aromatic heterocycles. The zero-order chi connectivity index (χ0) is 20.0. The van der Waals surface area contributed by atoms with Crippen molar-refractivity contribution < 1.29 is 23.5 Å². The lowest BCUT2D eigenvalue weighted by Gasteiger charge is -2.11. The summed E-state index contributed by atoms with van der Waals surface area (Å²) in [4.78, 5) is 35.9. The Bertz CT molecular complexity index is 843. The SMILES string of the molecule is CCOC(=O)c1cc(C)n(CC(=O)NNC(=O)Cc2ccc(F)cc2)c1C. The van der Waals surface area contributed by atoms with Crippen molar-refractivity contribution in [1.82, 2.24) is 15.4 Å². The summed E-state index contributed by atoms with van der Waals surface area (Å²) in [7, 11) is 0. The van der Waals surface area contributed by atoms with Gasteiger partial charge in [-0.05, 0) is 44.5 Å². The standard InChI is InChI=1S/C19H22FN3O4/c1-4-27-19(26)16-9-12(2)23(13(16)3)11-18(25)22-21-17(24)10-14-5-7-15(20)8-6-14/h5-9H,4,10-11H2,1-3H3,(H,21,24)(H,22,25). The molecular formula is C19H22FN3O4. The largest absolute Gasteiger partial charge is 0.462 e. The average molecular weight is 375 g/mol. The first-order valence-electron chi connectivity index (χ1n) is 8.47. The molecule has 8 heteroatoms. The molecule has 144 valence electrons. The van der Waals surface area contributed by atoms with Crippen LogP contribution < -0.4 is 10.9 Å². The summed E-state index contributed by atoms with van der Waals surface area (Å²) in [5.41, 5.74) is 7.01. The molecule has 2 rings (SSSR count). The van der Waals surface area contributed by atoms with E-state index in [0.717, 1.165) is 5.69 Å². The van der Waals surface area contributed by atoms with Crippen LogP contribution in [0.15, 0.2) is 30.3 Å². The first kappa shape index (κ1) is 20.2. The number of hydrogen-bond acceptors (Lipinski definition) is 4. The minimum atomic E-state index is -0.445. The van der Waals surface area contributed by atoms with E-state index in [0.29, 0.717) is 16.8 Å². The maximum atomic E-state index is 12.9. The topological polar surface area (TPSA) is 89.4 Å². The maximum absolute atomic E-state index is 12.9. The molecule has 0 radical (unpaired) electrons. The number of halogens is 1. The third-order valence-corrected chi connectivity index (χ3v) is 3.99. The lowest BCUT2D eigenvalue weighted by Crippen LogP contribution is -2.44. The van der Waals surface area contributed by atoms with Crippen LogP contribution >= 0.6 is 0 Å². The highest BCUT2D eigenvalue weighted by Gasteiger charge is 2.18. The molecule has 0 saturated carbocycles. The van der Waals surface area contributed by atoms with Gasteiger partial charge in [-0.15, -0.1) is 0 Å². The molecule has 1 aromatic carbocycles. The lowest BCUT2D eigenvalue weighted by molar-refractivity contribution is -0.128. The maximum Gasteiger partial charge on any atom is 0.339 e. The summed E-state index contributed by atoms with van der Waals surface area (Å²) in [6.07, 6.45) is 0.00907. The van der Waals surface area contributed by atoms with Crippen molar-refractivity contribution in [2.75, 3.05) is 6.61 Å². The van der Waals surface area contributed by atoms with E-state index < -0.39 is 17.8 Å². The van der Waals surface area contributed by atoms with Crippen LogP contribution in [0.4, 0.5) is 4.39 Å². The van der Waals surface area contributed by atoms with E-state index in [9.17, 15) is 18.8 Å². The van der Waals surface area contributed by atoms with E-state index >= 15 is 0 Å². The van der Waals surface area contributed by atoms with Gasteiger partial charge in [-0.25, -0.2) is 9.18 Å². The number of nitrogens with one attached hydrogen (secondary N) is 2. The minimum absolute atomic E-state index is 0.00907. The molecule has 0 atom stereocenters. The Morgan fingerprint density at radius 2 is 1.70 bits per heavy atom. The molecule has 2 N–H and O–H groups in total. The van der Waals surface area contributed by atoms with Crippen molar-refractivity contribution >= 4 is 17.8 Å². The number of aromatic nitrogens is 1. The minimum Gasteiger partial charge on any atom is -0.462 e. The van der Waals surface area contributed by atoms with Gasteiger partial charge in [0.25, 0.3) is 5.91 Å². The third kappa shape index (κ3) is 5.40. The number of carbonyl (C=O) groups is 3. The Balaban J connectivity index is 1.91. The molecule has 0 aliphatic rings. The predicted molar refractivity (Wildman–Crippen MR) is 96.3 cm³/mol. The second-order valence-electron chi connectivity index (χ2n) is 5.99. The summed E-state index contributed by atoms with van der Waals surface area (Å²) in [5, 5.41) is 0. The summed E-state index contributed by atoms with van der Waals surface area (Å²) >= 11 is 0. The Labute approximate surface area is 156 Å². The van der Waals surface area contributed by atoms with Gasteiger partial charge in [0.15, 0.2) is 0 Å². The number of ether oxygens (including phenoxy) is 1. The molecule has 0 aliphatic carbocycles. The molecule has 0 saturated heterocycles. The van der Waals surface area contributed by atoms with Crippen molar-refractivity contribution in [3.63, 3.8) is 0 Å². The number of carbonyl (C=O) groups excluding carboxylic acids is 3. The molecule has 1 heterocycles. The molecule has 0 bridgehead atoms. The van der Waals surface area contributed by atoms with Gasteiger partial charge in [0.1, 0.15) is 12.4 Å². The van der Waals surface area contributed by atoms with Gasteiger partial charge >= 0.3 is 5.97 Å². The fraction of sp³-hybridized carbons (Fsp3) is 0.316. The monoisotopic (exact) mass is 375 g/mol. The summed E-state index contributed by atoms with van der Waals surface area (Å²) < 4.78 is 19.5. The zero-order valence-corrected chi connectivity index (χ0v) is 15.5. The molecule has 2 aromatic rings. The van der Waals surface area contributed by atoms with E-state index in [-0.39, 0.29) is 25.4 Å². The fourth-order valence-electron chi connectivity index (χ4n) is 2.61. The van der Waals surface area contributed by atoms with Crippen molar-refractivity contribution in [1.29, 1.82) is 0 Å². The smallest absolute Gasteiger partial charge is 0.339 e. The molecule has 27 heavy (non-hydrogen) atoms. The van der Waals surface area contributed by atoms with E-state index in [1.54, 1.807) is 31.4 Å². The zero-order valence-electron chi connectivity index (χ0n) is 15.5. The van der Waals surface area contributed by atoms with Crippen LogP contribution in [-0.4, -0.2) is 29.0 Å². The number of nitrogens with zero attached hydrogens (tertiary/aromatic N) is 1. The highest BCUT2D eigenvalue weighted by molar-refractivity contribution is 5.91. The number of rotatable bonds is 6. The Morgan fingerprint density at radius 1 is 1.07 bits per heavy atom. The van der Waals surface area contributed by atoms with Crippen LogP contribution in [0, 0.1) is 19.7 Å². The number of hydrogen-bond donors (Lipinski definition) is 2. The van der Waals surface area contributed by atoms with Crippen LogP contribution in [0.3, 0.4) is 0 Å². The van der Waals surface area contributed by atoms with Gasteiger partial charge in [0, 0.05) is 11.4 Å². The van der Waals surface area contributed by atoms with Gasteiger partial charge in [-0.3, -0.25) is 20.4 Å². The van der Waals surface area contributed by atoms with Gasteiger partial charge in [-0.2, -0.15) is 0 Å². The third-order valence-electron chi connectivity index (χ3n) is 3.99. The van der Waals surface area contributed by atoms with Crippen molar-refractivity contribution in [3.05, 3.63) is 58.7 Å². The van der Waals surface area contributed by atoms with E-state index in [1.807, 2.05) is 0 Å². The fourth-order valence-corrected chi connectivity index (χ4v) is 2.61. The van der Waals surface area contributed by atoms with Gasteiger partial charge < -0.3 is 9.30 Å². The number of benzene rings is 1. The van der Waals surface area contributed by atoms with Crippen molar-refractivity contribution in [3.8, 4) is 0 Å². The summed E-state index contributed by atoms with van der Waals surface area (Å²) in [6, 6.07) is 7.19. The molecule has 0 fully saturated rings. The van der Waals surface area contributed by atoms with E-state index in [4.69, 9.17) is 4.74 Å². The number of hydrazine groups is 1. The first-order valence-corrected chi connectivity index (χ1v) is 8.47. The Kier molecular flexibility index (Phi) is 6.70. The predicted octanol–water partition coefficient (Wildman–Crippen LogP) is 1.81. The highest BCUT2D eigenvalue weighted by atomic mass is 19.1. The van der Waals surface area contributed by atoms with Crippen LogP contribution in [0.25, 0.3) is 0 Å². The second kappa shape index (κ2) is 8.98. The van der Waals surface area contributed by atoms with Crippen LogP contribution in [0.5, 0.6) is 0 Å². The average Bonchev–Trinajstić information content (AvgIpc) is 2.90. The molecule has 0 aliphatic heterocycles. The van der Waals surface area contributed by atoms with Gasteiger partial charge in [-0.1, -0.05) is 12.1 Å². The molecule has 2 amide bonds. The molecular weight excluding hydrogens is 353 g/mol. The molecule has 7 nitrogen and oxygen atoms in total. The number of aryl methyl sites for hydroxylation is 1. The molecule has 0 spiro atoms. The van der Waals surface area contributed by atoms with Gasteiger partial charge in [0.2, 0.25) is 5.91 Å². The van der Waals surface area contributed by atoms with E-state index in [2.05, 4.69) is 10.9 Å². The highest BCUT2D eigenvalue weighted by Crippen LogP contribution is 2.16. The Hall–Kier alpha value is -3.16. The van der Waals surface area contributed by atoms with Crippen LogP contribution in [0.1, 0.15) is 34.2 Å².